The maximum absolute atomic E-state index is 13.2. The zero-order chi connectivity index (χ0) is 23.7. The molecule has 0 bridgehead atoms. The zero-order valence-electron chi connectivity index (χ0n) is 18.6. The van der Waals surface area contributed by atoms with Crippen LogP contribution in [0.5, 0.6) is 5.75 Å². The van der Waals surface area contributed by atoms with Crippen LogP contribution in [-0.2, 0) is 16.1 Å². The number of ether oxygens (including phenoxy) is 1. The van der Waals surface area contributed by atoms with Crippen LogP contribution in [0.2, 0.25) is 10.0 Å². The van der Waals surface area contributed by atoms with Crippen LogP contribution in [-0.4, -0.2) is 35.9 Å². The first-order chi connectivity index (χ1) is 15.3. The summed E-state index contributed by atoms with van der Waals surface area (Å²) in [4.78, 5) is 27.6. The van der Waals surface area contributed by atoms with Crippen molar-refractivity contribution in [2.24, 2.45) is 0 Å². The van der Waals surface area contributed by atoms with Crippen LogP contribution >= 0.6 is 39.1 Å². The van der Waals surface area contributed by atoms with E-state index in [0.29, 0.717) is 28.8 Å². The molecule has 0 aliphatic rings. The van der Waals surface area contributed by atoms with Crippen molar-refractivity contribution in [1.82, 2.24) is 10.2 Å². The summed E-state index contributed by atoms with van der Waals surface area (Å²) in [5.74, 6) is 0.136. The largest absolute Gasteiger partial charge is 0.484 e. The fraction of sp³-hybridized carbons (Fsp3) is 0.417. The molecule has 0 aromatic heterocycles. The van der Waals surface area contributed by atoms with Gasteiger partial charge in [0.25, 0.3) is 5.91 Å². The van der Waals surface area contributed by atoms with Gasteiger partial charge in [-0.25, -0.2) is 0 Å². The van der Waals surface area contributed by atoms with Crippen molar-refractivity contribution >= 4 is 50.9 Å². The quantitative estimate of drug-likeness (QED) is 0.345. The molecule has 0 aliphatic heterocycles. The highest BCUT2D eigenvalue weighted by Crippen LogP contribution is 2.25. The van der Waals surface area contributed by atoms with Gasteiger partial charge < -0.3 is 15.0 Å². The molecule has 0 radical (unpaired) electrons. The summed E-state index contributed by atoms with van der Waals surface area (Å²) in [5, 5.41) is 3.78. The predicted octanol–water partition coefficient (Wildman–Crippen LogP) is 6.17. The Kier molecular flexibility index (Phi) is 10.8. The van der Waals surface area contributed by atoms with Gasteiger partial charge in [-0.1, -0.05) is 65.5 Å². The van der Waals surface area contributed by atoms with Crippen LogP contribution in [0, 0.1) is 6.92 Å². The van der Waals surface area contributed by atoms with Crippen molar-refractivity contribution < 1.29 is 14.3 Å². The lowest BCUT2D eigenvalue weighted by Gasteiger charge is -2.30. The molecule has 2 amide bonds. The average molecular weight is 544 g/mol. The van der Waals surface area contributed by atoms with Gasteiger partial charge in [0, 0.05) is 17.6 Å². The fourth-order valence-corrected chi connectivity index (χ4v) is 3.76. The van der Waals surface area contributed by atoms with E-state index >= 15 is 0 Å². The van der Waals surface area contributed by atoms with Crippen molar-refractivity contribution in [1.29, 1.82) is 0 Å². The topological polar surface area (TPSA) is 58.6 Å². The van der Waals surface area contributed by atoms with Gasteiger partial charge in [0.05, 0.1) is 10.0 Å². The summed E-state index contributed by atoms with van der Waals surface area (Å²) in [7, 11) is 0. The Morgan fingerprint density at radius 2 is 1.88 bits per heavy atom. The Hall–Kier alpha value is -1.76. The van der Waals surface area contributed by atoms with Crippen molar-refractivity contribution in [2.75, 3.05) is 13.2 Å². The number of unbranched alkanes of at least 4 members (excludes halogenated alkanes) is 1. The van der Waals surface area contributed by atoms with Gasteiger partial charge in [-0.2, -0.15) is 0 Å². The molecule has 0 heterocycles. The van der Waals surface area contributed by atoms with E-state index in [1.807, 2.05) is 26.0 Å². The maximum atomic E-state index is 13.2. The van der Waals surface area contributed by atoms with Gasteiger partial charge in [0.1, 0.15) is 11.8 Å². The molecule has 174 valence electrons. The number of hydrogen-bond donors (Lipinski definition) is 1. The van der Waals surface area contributed by atoms with E-state index < -0.39 is 6.04 Å². The number of nitrogens with zero attached hydrogens (tertiary/aromatic N) is 1. The molecule has 5 nitrogen and oxygen atoms in total. The molecule has 0 saturated carbocycles. The number of rotatable bonds is 11. The van der Waals surface area contributed by atoms with Crippen molar-refractivity contribution in [3.05, 3.63) is 62.0 Å². The minimum absolute atomic E-state index is 0.172. The Morgan fingerprint density at radius 1 is 1.12 bits per heavy atom. The van der Waals surface area contributed by atoms with Crippen LogP contribution in [0.15, 0.2) is 40.9 Å². The minimum Gasteiger partial charge on any atom is -0.484 e. The zero-order valence-corrected chi connectivity index (χ0v) is 21.7. The lowest BCUT2D eigenvalue weighted by molar-refractivity contribution is -0.143. The summed E-state index contributed by atoms with van der Waals surface area (Å²) in [6, 6.07) is 10.1. The van der Waals surface area contributed by atoms with Crippen LogP contribution in [0.1, 0.15) is 44.2 Å². The van der Waals surface area contributed by atoms with Crippen LogP contribution < -0.4 is 10.1 Å². The highest BCUT2D eigenvalue weighted by molar-refractivity contribution is 9.10. The molecule has 0 aliphatic carbocycles. The Labute approximate surface area is 208 Å². The number of halogens is 3. The summed E-state index contributed by atoms with van der Waals surface area (Å²) in [6.07, 6.45) is 2.33. The number of amides is 2. The van der Waals surface area contributed by atoms with E-state index in [1.54, 1.807) is 29.2 Å². The van der Waals surface area contributed by atoms with E-state index in [-0.39, 0.29) is 25.0 Å². The normalized spacial score (nSPS) is 11.7. The fourth-order valence-electron chi connectivity index (χ4n) is 3.20. The molecular formula is C24H29BrCl2N2O3. The molecule has 2 rings (SSSR count). The Morgan fingerprint density at radius 3 is 2.50 bits per heavy atom. The maximum Gasteiger partial charge on any atom is 0.261 e. The Balaban J connectivity index is 2.21. The van der Waals surface area contributed by atoms with Gasteiger partial charge in [0.2, 0.25) is 5.91 Å². The number of hydrogen-bond acceptors (Lipinski definition) is 3. The van der Waals surface area contributed by atoms with Gasteiger partial charge in [-0.15, -0.1) is 0 Å². The van der Waals surface area contributed by atoms with Gasteiger partial charge in [-0.05, 0) is 61.2 Å². The smallest absolute Gasteiger partial charge is 0.261 e. The second-order valence-electron chi connectivity index (χ2n) is 7.54. The first-order valence-corrected chi connectivity index (χ1v) is 12.2. The van der Waals surface area contributed by atoms with E-state index in [2.05, 4.69) is 28.2 Å². The third-order valence-corrected chi connectivity index (χ3v) is 6.67. The van der Waals surface area contributed by atoms with E-state index in [0.717, 1.165) is 28.4 Å². The van der Waals surface area contributed by atoms with Crippen molar-refractivity contribution in [3.63, 3.8) is 0 Å². The first kappa shape index (κ1) is 26.5. The van der Waals surface area contributed by atoms with Crippen molar-refractivity contribution in [2.45, 2.75) is 52.6 Å². The minimum atomic E-state index is -0.621. The number of aryl methyl sites for hydroxylation is 1. The summed E-state index contributed by atoms with van der Waals surface area (Å²) >= 11 is 15.7. The number of nitrogens with one attached hydrogen (secondary N) is 1. The van der Waals surface area contributed by atoms with Crippen molar-refractivity contribution in [3.8, 4) is 5.75 Å². The van der Waals surface area contributed by atoms with Gasteiger partial charge >= 0.3 is 0 Å². The molecule has 1 atom stereocenters. The summed E-state index contributed by atoms with van der Waals surface area (Å²) in [5.41, 5.74) is 1.79. The monoisotopic (exact) mass is 542 g/mol. The highest BCUT2D eigenvalue weighted by atomic mass is 79.9. The number of carbonyl (C=O) groups excluding carboxylic acids is 2. The molecule has 2 aromatic rings. The molecule has 1 N–H and O–H groups in total. The molecular weight excluding hydrogens is 515 g/mol. The second-order valence-corrected chi connectivity index (χ2v) is 9.21. The second kappa shape index (κ2) is 13.1. The Bertz CT molecular complexity index is 939. The molecule has 8 heteroatoms. The van der Waals surface area contributed by atoms with Crippen LogP contribution in [0.3, 0.4) is 0 Å². The standard InChI is InChI=1S/C24H29BrCl2N2O3/c1-4-6-11-28-24(31)22(5-2)29(14-17-7-10-20(26)21(27)13-17)23(30)15-32-18-8-9-19(25)16(3)12-18/h7-10,12-13,22H,4-6,11,14-15H2,1-3H3,(H,28,31). The predicted molar refractivity (Wildman–Crippen MR) is 133 cm³/mol. The van der Waals surface area contributed by atoms with Gasteiger partial charge in [-0.3, -0.25) is 9.59 Å². The first-order valence-electron chi connectivity index (χ1n) is 10.7. The van der Waals surface area contributed by atoms with E-state index in [4.69, 9.17) is 27.9 Å². The molecule has 0 fully saturated rings. The SMILES string of the molecule is CCCCNC(=O)C(CC)N(Cc1ccc(Cl)c(Cl)c1)C(=O)COc1ccc(Br)c(C)c1. The summed E-state index contributed by atoms with van der Waals surface area (Å²) in [6.45, 7) is 6.51. The van der Waals surface area contributed by atoms with Gasteiger partial charge in [0.15, 0.2) is 6.61 Å². The number of carbonyl (C=O) groups is 2. The van der Waals surface area contributed by atoms with Crippen LogP contribution in [0.25, 0.3) is 0 Å². The number of benzene rings is 2. The third-order valence-electron chi connectivity index (χ3n) is 5.04. The molecule has 0 spiro atoms. The van der Waals surface area contributed by atoms with E-state index in [9.17, 15) is 9.59 Å². The van der Waals surface area contributed by atoms with Crippen LogP contribution in [0.4, 0.5) is 0 Å². The molecule has 0 saturated heterocycles. The lowest BCUT2D eigenvalue weighted by atomic mass is 10.1. The van der Waals surface area contributed by atoms with E-state index in [1.165, 1.54) is 0 Å². The molecule has 1 unspecified atom stereocenters. The molecule has 2 aromatic carbocycles. The lowest BCUT2D eigenvalue weighted by Crippen LogP contribution is -2.50. The summed E-state index contributed by atoms with van der Waals surface area (Å²) < 4.78 is 6.71. The average Bonchev–Trinajstić information content (AvgIpc) is 2.76. The third kappa shape index (κ3) is 7.68. The molecule has 32 heavy (non-hydrogen) atoms. The highest BCUT2D eigenvalue weighted by Gasteiger charge is 2.29.